The Kier molecular flexibility index (Phi) is 3.62. The van der Waals surface area contributed by atoms with E-state index in [0.717, 1.165) is 10.7 Å². The van der Waals surface area contributed by atoms with Crippen LogP contribution in [-0.2, 0) is 23.1 Å². The van der Waals surface area contributed by atoms with Crippen molar-refractivity contribution in [1.82, 2.24) is 24.3 Å². The highest BCUT2D eigenvalue weighted by molar-refractivity contribution is 7.91. The number of rotatable bonds is 3. The van der Waals surface area contributed by atoms with Crippen molar-refractivity contribution >= 4 is 21.0 Å². The van der Waals surface area contributed by atoms with E-state index in [2.05, 4.69) is 15.1 Å². The number of hydrogen-bond donors (Lipinski definition) is 0. The van der Waals surface area contributed by atoms with Crippen LogP contribution in [0.5, 0.6) is 0 Å². The number of aromatic nitrogens is 5. The average molecular weight is 359 g/mol. The molecule has 0 atom stereocenters. The lowest BCUT2D eigenvalue weighted by Gasteiger charge is -2.06. The Hall–Kier alpha value is -2.43. The minimum atomic E-state index is -4.54. The van der Waals surface area contributed by atoms with Gasteiger partial charge in [-0.3, -0.25) is 4.57 Å². The first kappa shape index (κ1) is 16.4. The summed E-state index contributed by atoms with van der Waals surface area (Å²) in [4.78, 5) is 7.85. The third-order valence-electron chi connectivity index (χ3n) is 3.51. The van der Waals surface area contributed by atoms with Crippen molar-refractivity contribution in [1.29, 1.82) is 0 Å². The minimum Gasteiger partial charge on any atom is -0.296 e. The summed E-state index contributed by atoms with van der Waals surface area (Å²) in [6.07, 6.45) is -2.54. The number of pyridine rings is 1. The van der Waals surface area contributed by atoms with Crippen LogP contribution in [0.1, 0.15) is 12.5 Å². The van der Waals surface area contributed by atoms with E-state index in [9.17, 15) is 21.6 Å². The van der Waals surface area contributed by atoms with Gasteiger partial charge in [-0.1, -0.05) is 6.92 Å². The second-order valence-electron chi connectivity index (χ2n) is 5.02. The summed E-state index contributed by atoms with van der Waals surface area (Å²) >= 11 is 0. The van der Waals surface area contributed by atoms with Gasteiger partial charge in [-0.25, -0.2) is 18.4 Å². The highest BCUT2D eigenvalue weighted by Gasteiger charge is 2.32. The third-order valence-corrected chi connectivity index (χ3v) is 5.22. The molecule has 0 aliphatic rings. The lowest BCUT2D eigenvalue weighted by molar-refractivity contribution is -0.137. The lowest BCUT2D eigenvalue weighted by atomic mass is 10.2. The number of aryl methyl sites for hydroxylation is 1. The molecule has 3 rings (SSSR count). The molecule has 0 amide bonds. The number of sulfone groups is 1. The molecule has 0 radical (unpaired) electrons. The molecule has 24 heavy (non-hydrogen) atoms. The fourth-order valence-electron chi connectivity index (χ4n) is 2.23. The van der Waals surface area contributed by atoms with Crippen LogP contribution in [0, 0.1) is 0 Å². The van der Waals surface area contributed by atoms with Crippen LogP contribution < -0.4 is 0 Å². The molecule has 3 aromatic rings. The maximum atomic E-state index is 12.8. The summed E-state index contributed by atoms with van der Waals surface area (Å²) in [5, 5.41) is 3.85. The first-order chi connectivity index (χ1) is 11.1. The summed E-state index contributed by atoms with van der Waals surface area (Å²) in [6.45, 7) is 1.48. The monoisotopic (exact) mass is 359 g/mol. The molecular formula is C13H12F3N5O2S. The van der Waals surface area contributed by atoms with E-state index in [1.807, 2.05) is 0 Å². The molecule has 0 spiro atoms. The molecule has 0 N–H and O–H groups in total. The number of nitrogens with zero attached hydrogens (tertiary/aromatic N) is 5. The van der Waals surface area contributed by atoms with Gasteiger partial charge in [0.25, 0.3) is 0 Å². The number of fused-ring (bicyclic) bond motifs is 1. The van der Waals surface area contributed by atoms with Crippen LogP contribution in [0.3, 0.4) is 0 Å². The van der Waals surface area contributed by atoms with E-state index < -0.39 is 21.6 Å². The van der Waals surface area contributed by atoms with E-state index in [1.54, 1.807) is 0 Å². The molecule has 7 nitrogen and oxygen atoms in total. The van der Waals surface area contributed by atoms with Gasteiger partial charge in [0.05, 0.1) is 17.5 Å². The molecule has 0 saturated carbocycles. The van der Waals surface area contributed by atoms with Gasteiger partial charge in [-0.15, -0.1) is 0 Å². The highest BCUT2D eigenvalue weighted by Crippen LogP contribution is 2.30. The maximum Gasteiger partial charge on any atom is 0.417 e. The summed E-state index contributed by atoms with van der Waals surface area (Å²) in [6, 6.07) is 2.18. The molecule has 3 heterocycles. The van der Waals surface area contributed by atoms with Gasteiger partial charge in [-0.05, 0) is 12.1 Å². The van der Waals surface area contributed by atoms with Gasteiger partial charge in [0, 0.05) is 13.2 Å². The van der Waals surface area contributed by atoms with Gasteiger partial charge < -0.3 is 0 Å². The number of halogens is 3. The molecule has 0 saturated heterocycles. The molecule has 0 aliphatic heterocycles. The predicted molar refractivity (Wildman–Crippen MR) is 78.4 cm³/mol. The molecule has 0 fully saturated rings. The predicted octanol–water partition coefficient (Wildman–Crippen LogP) is 1.97. The minimum absolute atomic E-state index is 0.00216. The van der Waals surface area contributed by atoms with Gasteiger partial charge in [0.15, 0.2) is 20.5 Å². The normalized spacial score (nSPS) is 12.9. The van der Waals surface area contributed by atoms with Gasteiger partial charge in [0.2, 0.25) is 5.95 Å². The first-order valence-corrected chi connectivity index (χ1v) is 8.47. The smallest absolute Gasteiger partial charge is 0.296 e. The van der Waals surface area contributed by atoms with E-state index in [0.29, 0.717) is 6.20 Å². The molecule has 0 aliphatic carbocycles. The van der Waals surface area contributed by atoms with Crippen molar-refractivity contribution in [2.45, 2.75) is 18.1 Å². The van der Waals surface area contributed by atoms with Crippen molar-refractivity contribution in [2.24, 2.45) is 7.05 Å². The summed E-state index contributed by atoms with van der Waals surface area (Å²) in [5.74, 6) is -0.0760. The molecule has 128 valence electrons. The summed E-state index contributed by atoms with van der Waals surface area (Å²) in [7, 11) is -2.05. The molecular weight excluding hydrogens is 347 g/mol. The number of imidazole rings is 1. The van der Waals surface area contributed by atoms with Crippen LogP contribution >= 0.6 is 0 Å². The van der Waals surface area contributed by atoms with E-state index >= 15 is 0 Å². The second kappa shape index (κ2) is 5.30. The number of alkyl halides is 3. The van der Waals surface area contributed by atoms with Crippen LogP contribution in [0.15, 0.2) is 29.6 Å². The summed E-state index contributed by atoms with van der Waals surface area (Å²) < 4.78 is 65.0. The Labute approximate surface area is 134 Å². The topological polar surface area (TPSA) is 82.7 Å². The average Bonchev–Trinajstić information content (AvgIpc) is 3.11. The highest BCUT2D eigenvalue weighted by atomic mass is 32.2. The lowest BCUT2D eigenvalue weighted by Crippen LogP contribution is -2.14. The SMILES string of the molecule is CCS(=O)(=O)c1ccnn1-c1nc2cc(C(F)(F)F)cnc2n1C. The molecule has 3 aromatic heterocycles. The van der Waals surface area contributed by atoms with Crippen molar-refractivity contribution in [3.63, 3.8) is 0 Å². The Bertz CT molecular complexity index is 1020. The second-order valence-corrected chi connectivity index (χ2v) is 7.25. The van der Waals surface area contributed by atoms with Crippen LogP contribution in [0.25, 0.3) is 17.1 Å². The zero-order chi connectivity index (χ0) is 17.7. The van der Waals surface area contributed by atoms with E-state index in [1.165, 1.54) is 30.8 Å². The fourth-order valence-corrected chi connectivity index (χ4v) is 3.19. The Morgan fingerprint density at radius 2 is 2.00 bits per heavy atom. The Morgan fingerprint density at radius 1 is 1.29 bits per heavy atom. The zero-order valence-corrected chi connectivity index (χ0v) is 13.4. The van der Waals surface area contributed by atoms with Crippen molar-refractivity contribution in [3.8, 4) is 5.95 Å². The first-order valence-electron chi connectivity index (χ1n) is 6.82. The van der Waals surface area contributed by atoms with E-state index in [-0.39, 0.29) is 27.9 Å². The van der Waals surface area contributed by atoms with Crippen LogP contribution in [0.2, 0.25) is 0 Å². The van der Waals surface area contributed by atoms with Gasteiger partial charge in [-0.2, -0.15) is 23.0 Å². The van der Waals surface area contributed by atoms with Crippen molar-refractivity contribution in [2.75, 3.05) is 5.75 Å². The third kappa shape index (κ3) is 2.54. The van der Waals surface area contributed by atoms with Crippen LogP contribution in [0.4, 0.5) is 13.2 Å². The summed E-state index contributed by atoms with van der Waals surface area (Å²) in [5.41, 5.74) is -0.743. The quantitative estimate of drug-likeness (QED) is 0.714. The molecule has 0 aromatic carbocycles. The fraction of sp³-hybridized carbons (Fsp3) is 0.308. The largest absolute Gasteiger partial charge is 0.417 e. The van der Waals surface area contributed by atoms with Crippen molar-refractivity contribution in [3.05, 3.63) is 30.1 Å². The van der Waals surface area contributed by atoms with Crippen LogP contribution in [-0.4, -0.2) is 38.5 Å². The molecule has 0 bridgehead atoms. The van der Waals surface area contributed by atoms with E-state index in [4.69, 9.17) is 0 Å². The molecule has 11 heteroatoms. The van der Waals surface area contributed by atoms with Crippen molar-refractivity contribution < 1.29 is 21.6 Å². The van der Waals surface area contributed by atoms with Gasteiger partial charge >= 0.3 is 6.18 Å². The Morgan fingerprint density at radius 3 is 2.62 bits per heavy atom. The maximum absolute atomic E-state index is 12.8. The van der Waals surface area contributed by atoms with Gasteiger partial charge in [0.1, 0.15) is 5.52 Å². The Balaban J connectivity index is 2.23. The number of hydrogen-bond acceptors (Lipinski definition) is 5. The molecule has 0 unspecified atom stereocenters. The zero-order valence-electron chi connectivity index (χ0n) is 12.6. The standard InChI is InChI=1S/C13H12F3N5O2S/c1-3-24(22,23)10-4-5-18-21(10)12-19-9-6-8(13(14,15)16)7-17-11(9)20(12)2/h4-7H,3H2,1-2H3.